The lowest BCUT2D eigenvalue weighted by Gasteiger charge is -2.33. The van der Waals surface area contributed by atoms with Gasteiger partial charge in [-0.15, -0.1) is 0 Å². The van der Waals surface area contributed by atoms with Crippen LogP contribution in [0.25, 0.3) is 11.5 Å². The third kappa shape index (κ3) is 4.52. The number of piperazine rings is 1. The summed E-state index contributed by atoms with van der Waals surface area (Å²) in [5.41, 5.74) is 1.06. The van der Waals surface area contributed by atoms with Crippen LogP contribution in [-0.2, 0) is 0 Å². The summed E-state index contributed by atoms with van der Waals surface area (Å²) < 4.78 is 0. The van der Waals surface area contributed by atoms with Crippen LogP contribution >= 0.6 is 0 Å². The maximum Gasteiger partial charge on any atom is 0.259 e. The zero-order chi connectivity index (χ0) is 20.2. The fourth-order valence-electron chi connectivity index (χ4n) is 3.06. The molecule has 0 radical (unpaired) electrons. The Morgan fingerprint density at radius 1 is 1.00 bits per heavy atom. The van der Waals surface area contributed by atoms with E-state index in [1.54, 1.807) is 31.5 Å². The average molecular weight is 390 g/mol. The molecule has 1 fully saturated rings. The van der Waals surface area contributed by atoms with Crippen LogP contribution in [0.4, 0.5) is 11.8 Å². The minimum Gasteiger partial charge on any atom is -0.354 e. The molecule has 1 saturated heterocycles. The third-order valence-electron chi connectivity index (χ3n) is 4.70. The van der Waals surface area contributed by atoms with Crippen LogP contribution in [0.2, 0.25) is 0 Å². The monoisotopic (exact) mass is 390 g/mol. The molecule has 0 atom stereocenters. The highest BCUT2D eigenvalue weighted by molar-refractivity contribution is 6.03. The first kappa shape index (κ1) is 18.9. The Hall–Kier alpha value is -3.46. The van der Waals surface area contributed by atoms with Crippen molar-refractivity contribution in [2.45, 2.75) is 6.92 Å². The second-order valence-corrected chi connectivity index (χ2v) is 6.89. The Kier molecular flexibility index (Phi) is 5.39. The highest BCUT2D eigenvalue weighted by atomic mass is 16.1. The Morgan fingerprint density at radius 3 is 2.52 bits per heavy atom. The van der Waals surface area contributed by atoms with E-state index in [-0.39, 0.29) is 11.9 Å². The standard InChI is InChI=1S/C20H22N8O/c1-14-23-18(16-5-3-4-8-21-16)25-20(24-14)26-19(29)15-6-7-17(22-13-15)28-11-9-27(2)10-12-28/h3-8,13H,9-12H2,1-2H3,(H,23,24,25,26,29). The maximum atomic E-state index is 12.6. The van der Waals surface area contributed by atoms with Gasteiger partial charge in [0.15, 0.2) is 5.82 Å². The van der Waals surface area contributed by atoms with Crippen molar-refractivity contribution in [2.75, 3.05) is 43.4 Å². The van der Waals surface area contributed by atoms with Gasteiger partial charge in [-0.1, -0.05) is 6.07 Å². The first-order chi connectivity index (χ1) is 14.1. The molecule has 0 spiro atoms. The molecule has 4 heterocycles. The number of hydrogen-bond acceptors (Lipinski definition) is 8. The molecule has 0 bridgehead atoms. The molecule has 1 amide bonds. The summed E-state index contributed by atoms with van der Waals surface area (Å²) in [6, 6.07) is 9.12. The fraction of sp³-hybridized carbons (Fsp3) is 0.300. The lowest BCUT2D eigenvalue weighted by Crippen LogP contribution is -2.44. The first-order valence-electron chi connectivity index (χ1n) is 9.43. The minimum atomic E-state index is -0.319. The van der Waals surface area contributed by atoms with Crippen molar-refractivity contribution in [3.63, 3.8) is 0 Å². The molecule has 4 rings (SSSR count). The average Bonchev–Trinajstić information content (AvgIpc) is 2.74. The van der Waals surface area contributed by atoms with E-state index in [0.717, 1.165) is 32.0 Å². The zero-order valence-corrected chi connectivity index (χ0v) is 16.4. The molecule has 0 unspecified atom stereocenters. The summed E-state index contributed by atoms with van der Waals surface area (Å²) in [7, 11) is 2.11. The van der Waals surface area contributed by atoms with E-state index < -0.39 is 0 Å². The highest BCUT2D eigenvalue weighted by Gasteiger charge is 2.16. The number of pyridine rings is 2. The van der Waals surface area contributed by atoms with Crippen LogP contribution in [0.5, 0.6) is 0 Å². The molecule has 0 aromatic carbocycles. The number of amides is 1. The SMILES string of the molecule is Cc1nc(NC(=O)c2ccc(N3CCN(C)CC3)nc2)nc(-c2ccccn2)n1. The van der Waals surface area contributed by atoms with Crippen LogP contribution in [-0.4, -0.2) is 69.0 Å². The van der Waals surface area contributed by atoms with Gasteiger partial charge in [0.25, 0.3) is 5.91 Å². The van der Waals surface area contributed by atoms with E-state index in [1.165, 1.54) is 0 Å². The predicted molar refractivity (Wildman–Crippen MR) is 110 cm³/mol. The van der Waals surface area contributed by atoms with Gasteiger partial charge in [0.1, 0.15) is 17.3 Å². The van der Waals surface area contributed by atoms with Gasteiger partial charge in [-0.2, -0.15) is 9.97 Å². The van der Waals surface area contributed by atoms with Crippen molar-refractivity contribution in [3.05, 3.63) is 54.1 Å². The Labute approximate surface area is 168 Å². The van der Waals surface area contributed by atoms with Crippen LogP contribution in [0.3, 0.4) is 0 Å². The second kappa shape index (κ2) is 8.27. The summed E-state index contributed by atoms with van der Waals surface area (Å²) >= 11 is 0. The van der Waals surface area contributed by atoms with Crippen LogP contribution < -0.4 is 10.2 Å². The predicted octanol–water partition coefficient (Wildman–Crippen LogP) is 1.64. The van der Waals surface area contributed by atoms with E-state index in [2.05, 4.69) is 47.1 Å². The van der Waals surface area contributed by atoms with Gasteiger partial charge < -0.3 is 9.80 Å². The third-order valence-corrected chi connectivity index (χ3v) is 4.70. The number of carbonyl (C=O) groups is 1. The molecular formula is C20H22N8O. The molecule has 1 N–H and O–H groups in total. The van der Waals surface area contributed by atoms with Crippen molar-refractivity contribution in [1.82, 2.24) is 29.8 Å². The van der Waals surface area contributed by atoms with E-state index in [4.69, 9.17) is 0 Å². The van der Waals surface area contributed by atoms with Gasteiger partial charge in [-0.05, 0) is 38.2 Å². The summed E-state index contributed by atoms with van der Waals surface area (Å²) in [6.07, 6.45) is 3.25. The minimum absolute atomic E-state index is 0.186. The van der Waals surface area contributed by atoms with Crippen LogP contribution in [0.15, 0.2) is 42.7 Å². The Morgan fingerprint density at radius 2 is 1.83 bits per heavy atom. The number of likely N-dealkylation sites (N-methyl/N-ethyl adjacent to an activating group) is 1. The number of rotatable bonds is 4. The van der Waals surface area contributed by atoms with E-state index in [1.807, 2.05) is 18.2 Å². The van der Waals surface area contributed by atoms with Crippen molar-refractivity contribution in [3.8, 4) is 11.5 Å². The first-order valence-corrected chi connectivity index (χ1v) is 9.43. The molecule has 3 aromatic heterocycles. The van der Waals surface area contributed by atoms with Gasteiger partial charge in [-0.3, -0.25) is 15.1 Å². The molecule has 29 heavy (non-hydrogen) atoms. The molecule has 0 aliphatic carbocycles. The van der Waals surface area contributed by atoms with Crippen molar-refractivity contribution < 1.29 is 4.79 Å². The van der Waals surface area contributed by atoms with E-state index >= 15 is 0 Å². The molecule has 148 valence electrons. The lowest BCUT2D eigenvalue weighted by molar-refractivity contribution is 0.102. The molecule has 0 saturated carbocycles. The molecule has 1 aliphatic heterocycles. The van der Waals surface area contributed by atoms with Crippen LogP contribution in [0.1, 0.15) is 16.2 Å². The van der Waals surface area contributed by atoms with Gasteiger partial charge in [-0.25, -0.2) is 9.97 Å². The highest BCUT2D eigenvalue weighted by Crippen LogP contribution is 2.16. The molecular weight excluding hydrogens is 368 g/mol. The van der Waals surface area contributed by atoms with Crippen LogP contribution in [0, 0.1) is 6.92 Å². The number of aromatic nitrogens is 5. The maximum absolute atomic E-state index is 12.6. The summed E-state index contributed by atoms with van der Waals surface area (Å²) in [5, 5.41) is 2.72. The smallest absolute Gasteiger partial charge is 0.259 e. The Bertz CT molecular complexity index is 985. The quantitative estimate of drug-likeness (QED) is 0.718. The van der Waals surface area contributed by atoms with E-state index in [9.17, 15) is 4.79 Å². The van der Waals surface area contributed by atoms with Gasteiger partial charge in [0, 0.05) is 38.6 Å². The van der Waals surface area contributed by atoms with Crippen molar-refractivity contribution in [1.29, 1.82) is 0 Å². The van der Waals surface area contributed by atoms with Gasteiger partial charge >= 0.3 is 0 Å². The number of anilines is 2. The van der Waals surface area contributed by atoms with Gasteiger partial charge in [0.2, 0.25) is 5.95 Å². The van der Waals surface area contributed by atoms with Crippen molar-refractivity contribution in [2.24, 2.45) is 0 Å². The molecule has 9 nitrogen and oxygen atoms in total. The number of hydrogen-bond donors (Lipinski definition) is 1. The second-order valence-electron chi connectivity index (χ2n) is 6.89. The number of aryl methyl sites for hydroxylation is 1. The summed E-state index contributed by atoms with van der Waals surface area (Å²) in [5.74, 6) is 1.66. The van der Waals surface area contributed by atoms with Gasteiger partial charge in [0.05, 0.1) is 5.56 Å². The summed E-state index contributed by atoms with van der Waals surface area (Å²) in [6.45, 7) is 5.60. The molecule has 9 heteroatoms. The zero-order valence-electron chi connectivity index (χ0n) is 16.4. The van der Waals surface area contributed by atoms with E-state index in [0.29, 0.717) is 22.9 Å². The van der Waals surface area contributed by atoms with Crippen molar-refractivity contribution >= 4 is 17.7 Å². The molecule has 3 aromatic rings. The summed E-state index contributed by atoms with van der Waals surface area (Å²) in [4.78, 5) is 38.6. The molecule has 1 aliphatic rings. The Balaban J connectivity index is 1.47. The number of nitrogens with one attached hydrogen (secondary N) is 1. The normalized spacial score (nSPS) is 14.6. The number of nitrogens with zero attached hydrogens (tertiary/aromatic N) is 7. The number of carbonyl (C=O) groups excluding carboxylic acids is 1. The lowest BCUT2D eigenvalue weighted by atomic mass is 10.2. The fourth-order valence-corrected chi connectivity index (χ4v) is 3.06. The largest absolute Gasteiger partial charge is 0.354 e. The topological polar surface area (TPSA) is 100 Å².